The van der Waals surface area contributed by atoms with E-state index in [1.165, 1.54) is 10.8 Å². The van der Waals surface area contributed by atoms with E-state index >= 15 is 0 Å². The van der Waals surface area contributed by atoms with Crippen molar-refractivity contribution in [2.24, 2.45) is 12.0 Å². The molecule has 5 nitrogen and oxygen atoms in total. The number of aromatic nitrogens is 2. The Kier molecular flexibility index (Phi) is 3.96. The van der Waals surface area contributed by atoms with Gasteiger partial charge in [0.1, 0.15) is 5.56 Å². The molecular weight excluding hydrogens is 330 g/mol. The van der Waals surface area contributed by atoms with Gasteiger partial charge in [0.25, 0.3) is 5.56 Å². The molecule has 0 saturated heterocycles. The molecule has 0 radical (unpaired) electrons. The monoisotopic (exact) mass is 339 g/mol. The van der Waals surface area contributed by atoms with E-state index in [0.29, 0.717) is 5.69 Å². The number of benzene rings is 1. The molecular formula is C12H10BrN3O2S. The average Bonchev–Trinajstić information content (AvgIpc) is 2.38. The number of aliphatic imine (C=N–C) groups is 1. The van der Waals surface area contributed by atoms with E-state index in [4.69, 9.17) is 12.2 Å². The van der Waals surface area contributed by atoms with E-state index in [-0.39, 0.29) is 16.2 Å². The van der Waals surface area contributed by atoms with Gasteiger partial charge in [-0.05, 0) is 40.3 Å². The molecule has 2 rings (SSSR count). The van der Waals surface area contributed by atoms with E-state index in [9.17, 15) is 9.90 Å². The highest BCUT2D eigenvalue weighted by molar-refractivity contribution is 9.10. The van der Waals surface area contributed by atoms with Crippen molar-refractivity contribution in [3.8, 4) is 5.88 Å². The molecule has 0 amide bonds. The highest BCUT2D eigenvalue weighted by Gasteiger charge is 2.08. The van der Waals surface area contributed by atoms with Gasteiger partial charge in [-0.1, -0.05) is 12.1 Å². The molecule has 1 heterocycles. The largest absolute Gasteiger partial charge is 0.494 e. The Morgan fingerprint density at radius 3 is 2.84 bits per heavy atom. The van der Waals surface area contributed by atoms with Gasteiger partial charge in [0, 0.05) is 17.7 Å². The molecule has 0 aliphatic carbocycles. The van der Waals surface area contributed by atoms with Crippen LogP contribution in [-0.2, 0) is 7.05 Å². The summed E-state index contributed by atoms with van der Waals surface area (Å²) in [6, 6.07) is 7.31. The number of rotatable bonds is 2. The quantitative estimate of drug-likeness (QED) is 0.652. The number of aromatic hydroxyl groups is 1. The highest BCUT2D eigenvalue weighted by Crippen LogP contribution is 2.24. The Hall–Kier alpha value is -1.73. The van der Waals surface area contributed by atoms with Gasteiger partial charge in [-0.3, -0.25) is 19.3 Å². The molecule has 2 N–H and O–H groups in total. The second kappa shape index (κ2) is 5.50. The normalized spacial score (nSPS) is 11.1. The summed E-state index contributed by atoms with van der Waals surface area (Å²) in [6.45, 7) is 0. The van der Waals surface area contributed by atoms with Crippen molar-refractivity contribution in [2.45, 2.75) is 0 Å². The Morgan fingerprint density at radius 2 is 2.16 bits per heavy atom. The van der Waals surface area contributed by atoms with Gasteiger partial charge in [-0.15, -0.1) is 0 Å². The zero-order valence-corrected chi connectivity index (χ0v) is 12.3. The third-order valence-corrected chi connectivity index (χ3v) is 3.56. The molecule has 0 unspecified atom stereocenters. The third kappa shape index (κ3) is 2.82. The molecule has 98 valence electrons. The van der Waals surface area contributed by atoms with Gasteiger partial charge in [-0.2, -0.15) is 0 Å². The number of nitrogens with zero attached hydrogens (tertiary/aromatic N) is 2. The van der Waals surface area contributed by atoms with Crippen LogP contribution in [0.2, 0.25) is 0 Å². The van der Waals surface area contributed by atoms with Gasteiger partial charge in [-0.25, -0.2) is 0 Å². The van der Waals surface area contributed by atoms with Crippen LogP contribution in [0.5, 0.6) is 5.88 Å². The lowest BCUT2D eigenvalue weighted by atomic mass is 10.3. The standard InChI is InChI=1S/C12H10BrN3O2S/c1-16-11(18)7(10(17)15-12(16)19)6-14-9-5-3-2-4-8(9)13/h2-6,18H,1H3,(H,15,17,19). The van der Waals surface area contributed by atoms with Crippen LogP contribution in [0.3, 0.4) is 0 Å². The SMILES string of the molecule is Cn1c(O)c(C=Nc2ccccc2Br)c(=O)[nH]c1=S. The predicted molar refractivity (Wildman–Crippen MR) is 79.9 cm³/mol. The number of aromatic amines is 1. The van der Waals surface area contributed by atoms with Crippen LogP contribution in [-0.4, -0.2) is 20.9 Å². The maximum Gasteiger partial charge on any atom is 0.264 e. The Labute approximate surface area is 122 Å². The fourth-order valence-corrected chi connectivity index (χ4v) is 2.00. The molecule has 2 aromatic rings. The maximum absolute atomic E-state index is 11.7. The first-order chi connectivity index (χ1) is 9.00. The number of H-pyrrole nitrogens is 1. The van der Waals surface area contributed by atoms with Crippen molar-refractivity contribution in [1.82, 2.24) is 9.55 Å². The van der Waals surface area contributed by atoms with E-state index in [1.54, 1.807) is 13.1 Å². The van der Waals surface area contributed by atoms with E-state index < -0.39 is 5.56 Å². The van der Waals surface area contributed by atoms with Crippen molar-refractivity contribution >= 4 is 40.0 Å². The lowest BCUT2D eigenvalue weighted by Gasteiger charge is -2.04. The van der Waals surface area contributed by atoms with Gasteiger partial charge in [0.05, 0.1) is 5.69 Å². The van der Waals surface area contributed by atoms with Gasteiger partial charge in [0.15, 0.2) is 4.77 Å². The lowest BCUT2D eigenvalue weighted by Crippen LogP contribution is -2.17. The minimum atomic E-state index is -0.476. The molecule has 0 aliphatic rings. The number of hydrogen-bond donors (Lipinski definition) is 2. The number of para-hydroxylation sites is 1. The molecule has 1 aromatic heterocycles. The smallest absolute Gasteiger partial charge is 0.264 e. The summed E-state index contributed by atoms with van der Waals surface area (Å²) in [4.78, 5) is 18.3. The van der Waals surface area contributed by atoms with Crippen LogP contribution >= 0.6 is 28.1 Å². The first-order valence-electron chi connectivity index (χ1n) is 5.31. The minimum absolute atomic E-state index is 0.0619. The molecule has 0 bridgehead atoms. The summed E-state index contributed by atoms with van der Waals surface area (Å²) in [6.07, 6.45) is 1.31. The van der Waals surface area contributed by atoms with E-state index in [0.717, 1.165) is 4.47 Å². The highest BCUT2D eigenvalue weighted by atomic mass is 79.9. The van der Waals surface area contributed by atoms with Crippen LogP contribution in [0.25, 0.3) is 0 Å². The van der Waals surface area contributed by atoms with Crippen LogP contribution < -0.4 is 5.56 Å². The molecule has 0 saturated carbocycles. The average molecular weight is 340 g/mol. The van der Waals surface area contributed by atoms with Crippen molar-refractivity contribution in [3.05, 3.63) is 49.4 Å². The van der Waals surface area contributed by atoms with Crippen molar-refractivity contribution in [2.75, 3.05) is 0 Å². The molecule has 0 atom stereocenters. The zero-order valence-electron chi connectivity index (χ0n) is 9.92. The molecule has 19 heavy (non-hydrogen) atoms. The van der Waals surface area contributed by atoms with Gasteiger partial charge in [0.2, 0.25) is 5.88 Å². The van der Waals surface area contributed by atoms with Crippen LogP contribution in [0.4, 0.5) is 5.69 Å². The summed E-state index contributed by atoms with van der Waals surface area (Å²) in [5, 5.41) is 9.88. The summed E-state index contributed by atoms with van der Waals surface area (Å²) in [7, 11) is 1.56. The first kappa shape index (κ1) is 13.7. The lowest BCUT2D eigenvalue weighted by molar-refractivity contribution is 0.420. The topological polar surface area (TPSA) is 70.4 Å². The summed E-state index contributed by atoms with van der Waals surface area (Å²) in [5.74, 6) is -0.218. The molecule has 0 spiro atoms. The Morgan fingerprint density at radius 1 is 1.47 bits per heavy atom. The van der Waals surface area contributed by atoms with Crippen molar-refractivity contribution in [1.29, 1.82) is 0 Å². The fourth-order valence-electron chi connectivity index (χ4n) is 1.43. The second-order valence-corrected chi connectivity index (χ2v) is 5.01. The summed E-state index contributed by atoms with van der Waals surface area (Å²) >= 11 is 8.23. The van der Waals surface area contributed by atoms with E-state index in [1.807, 2.05) is 18.2 Å². The summed E-state index contributed by atoms with van der Waals surface area (Å²) in [5.41, 5.74) is 0.245. The number of hydrogen-bond acceptors (Lipinski definition) is 4. The van der Waals surface area contributed by atoms with Crippen molar-refractivity contribution in [3.63, 3.8) is 0 Å². The van der Waals surface area contributed by atoms with Crippen LogP contribution in [0.1, 0.15) is 5.56 Å². The molecule has 1 aromatic carbocycles. The Bertz CT molecular complexity index is 764. The first-order valence-corrected chi connectivity index (χ1v) is 6.51. The number of halogens is 1. The maximum atomic E-state index is 11.7. The number of nitrogens with one attached hydrogen (secondary N) is 1. The minimum Gasteiger partial charge on any atom is -0.494 e. The van der Waals surface area contributed by atoms with Gasteiger partial charge < -0.3 is 5.11 Å². The van der Waals surface area contributed by atoms with Crippen LogP contribution in [0.15, 0.2) is 38.5 Å². The summed E-state index contributed by atoms with van der Waals surface area (Å²) < 4.78 is 2.25. The Balaban J connectivity index is 2.51. The van der Waals surface area contributed by atoms with E-state index in [2.05, 4.69) is 25.9 Å². The van der Waals surface area contributed by atoms with Crippen molar-refractivity contribution < 1.29 is 5.11 Å². The molecule has 0 aliphatic heterocycles. The third-order valence-electron chi connectivity index (χ3n) is 2.51. The second-order valence-electron chi connectivity index (χ2n) is 3.77. The van der Waals surface area contributed by atoms with Crippen LogP contribution in [0, 0.1) is 4.77 Å². The van der Waals surface area contributed by atoms with Gasteiger partial charge >= 0.3 is 0 Å². The predicted octanol–water partition coefficient (Wildman–Crippen LogP) is 2.66. The fraction of sp³-hybridized carbons (Fsp3) is 0.0833. The zero-order chi connectivity index (χ0) is 14.0. The molecule has 0 fully saturated rings. The molecule has 7 heteroatoms.